The van der Waals surface area contributed by atoms with Crippen LogP contribution in [0.3, 0.4) is 0 Å². The first-order valence-corrected chi connectivity index (χ1v) is 11.9. The number of imide groups is 1. The number of nitrogens with one attached hydrogen (secondary N) is 1. The third-order valence-corrected chi connectivity index (χ3v) is 8.22. The Hall–Kier alpha value is -3.21. The molecule has 33 heavy (non-hydrogen) atoms. The van der Waals surface area contributed by atoms with Crippen LogP contribution in [0.25, 0.3) is 0 Å². The van der Waals surface area contributed by atoms with Crippen molar-refractivity contribution in [1.29, 1.82) is 0 Å². The van der Waals surface area contributed by atoms with E-state index in [1.54, 1.807) is 0 Å². The summed E-state index contributed by atoms with van der Waals surface area (Å²) in [5.41, 5.74) is 3.71. The van der Waals surface area contributed by atoms with Gasteiger partial charge in [0.25, 0.3) is 0 Å². The number of benzene rings is 2. The van der Waals surface area contributed by atoms with Gasteiger partial charge in [-0.1, -0.05) is 60.2 Å². The number of hydrogen-bond donors (Lipinski definition) is 1. The summed E-state index contributed by atoms with van der Waals surface area (Å²) in [5.74, 6) is 0.128. The maximum atomic E-state index is 13.7. The lowest BCUT2D eigenvalue weighted by Gasteiger charge is -2.37. The van der Waals surface area contributed by atoms with Crippen molar-refractivity contribution < 1.29 is 14.4 Å². The maximum absolute atomic E-state index is 13.7. The number of carbonyl (C=O) groups is 3. The van der Waals surface area contributed by atoms with E-state index in [2.05, 4.69) is 17.5 Å². The van der Waals surface area contributed by atoms with Gasteiger partial charge in [-0.05, 0) is 61.1 Å². The van der Waals surface area contributed by atoms with Crippen molar-refractivity contribution in [3.8, 4) is 0 Å². The smallest absolute Gasteiger partial charge is 0.248 e. The first-order chi connectivity index (χ1) is 15.9. The monoisotopic (exact) mass is 440 g/mol. The van der Waals surface area contributed by atoms with Crippen molar-refractivity contribution in [2.45, 2.75) is 32.7 Å². The predicted molar refractivity (Wildman–Crippen MR) is 125 cm³/mol. The Morgan fingerprint density at radius 3 is 2.21 bits per heavy atom. The summed E-state index contributed by atoms with van der Waals surface area (Å²) >= 11 is 0. The zero-order valence-electron chi connectivity index (χ0n) is 18.9. The van der Waals surface area contributed by atoms with Crippen LogP contribution < -0.4 is 5.32 Å². The van der Waals surface area contributed by atoms with Crippen molar-refractivity contribution in [3.05, 3.63) is 77.4 Å². The molecule has 0 unspecified atom stereocenters. The average molecular weight is 441 g/mol. The molecule has 5 nitrogen and oxygen atoms in total. The van der Waals surface area contributed by atoms with Gasteiger partial charge in [0.2, 0.25) is 17.7 Å². The van der Waals surface area contributed by atoms with Crippen LogP contribution in [-0.2, 0) is 20.8 Å². The van der Waals surface area contributed by atoms with Gasteiger partial charge < -0.3 is 5.32 Å². The lowest BCUT2D eigenvalue weighted by molar-refractivity contribution is -0.146. The molecule has 5 aliphatic rings. The molecular weight excluding hydrogens is 412 g/mol. The zero-order valence-corrected chi connectivity index (χ0v) is 18.9. The first-order valence-electron chi connectivity index (χ1n) is 11.9. The summed E-state index contributed by atoms with van der Waals surface area (Å²) in [5, 5.41) is 3.01. The second-order valence-corrected chi connectivity index (χ2v) is 10.2. The number of carbonyl (C=O) groups excluding carboxylic acids is 3. The second kappa shape index (κ2) is 7.41. The van der Waals surface area contributed by atoms with Crippen molar-refractivity contribution in [2.75, 3.05) is 5.32 Å². The third-order valence-electron chi connectivity index (χ3n) is 8.22. The molecule has 3 fully saturated rings. The summed E-state index contributed by atoms with van der Waals surface area (Å²) < 4.78 is 0. The molecule has 1 aliphatic heterocycles. The maximum Gasteiger partial charge on any atom is 0.248 e. The number of amides is 3. The van der Waals surface area contributed by atoms with Gasteiger partial charge >= 0.3 is 0 Å². The van der Waals surface area contributed by atoms with Crippen LogP contribution in [0, 0.1) is 49.4 Å². The summed E-state index contributed by atoms with van der Waals surface area (Å²) in [6, 6.07) is 14.6. The lowest BCUT2D eigenvalue weighted by atomic mass is 9.63. The standard InChI is InChI=1S/C28H28N2O3/c1-15-8-11-22(16(2)12-15)29-26(31)23(13-17-6-4-3-5-7-17)30-27(32)24-18-9-10-19(21-14-20(18)21)25(24)28(30)33/h3-12,18-21,23-25H,13-14H2,1-2H3,(H,29,31)/t18-,19-,20-,21-,23+,24+,25+/m1/s1. The molecule has 2 saturated carbocycles. The number of allylic oxidation sites excluding steroid dienone is 2. The molecule has 0 spiro atoms. The average Bonchev–Trinajstić information content (AvgIpc) is 3.59. The number of rotatable bonds is 5. The number of likely N-dealkylation sites (tertiary alicyclic amines) is 1. The van der Waals surface area contributed by atoms with Crippen LogP contribution in [0.15, 0.2) is 60.7 Å². The third kappa shape index (κ3) is 3.17. The summed E-state index contributed by atoms with van der Waals surface area (Å²) in [7, 11) is 0. The lowest BCUT2D eigenvalue weighted by Crippen LogP contribution is -2.49. The van der Waals surface area contributed by atoms with Gasteiger partial charge in [-0.15, -0.1) is 0 Å². The molecule has 7 rings (SSSR count). The van der Waals surface area contributed by atoms with Crippen molar-refractivity contribution in [2.24, 2.45) is 35.5 Å². The molecule has 7 atom stereocenters. The Labute approximate surface area is 193 Å². The van der Waals surface area contributed by atoms with E-state index >= 15 is 0 Å². The largest absolute Gasteiger partial charge is 0.324 e. The SMILES string of the molecule is Cc1ccc(NC(=O)[C@H](Cc2ccccc2)N2C(=O)[C@H]3[C@@H]4C=C[C@H]([C@H]5C[C@H]45)[C@@H]3C2=O)c(C)c1. The number of hydrogen-bond acceptors (Lipinski definition) is 3. The van der Waals surface area contributed by atoms with Crippen LogP contribution in [-0.4, -0.2) is 28.7 Å². The van der Waals surface area contributed by atoms with Gasteiger partial charge in [0.15, 0.2) is 0 Å². The van der Waals surface area contributed by atoms with Crippen LogP contribution in [0.1, 0.15) is 23.1 Å². The molecular formula is C28H28N2O3. The van der Waals surface area contributed by atoms with Crippen molar-refractivity contribution >= 4 is 23.4 Å². The van der Waals surface area contributed by atoms with E-state index in [1.807, 2.05) is 62.4 Å². The number of aryl methyl sites for hydroxylation is 2. The van der Waals surface area contributed by atoms with Crippen LogP contribution in [0.2, 0.25) is 0 Å². The van der Waals surface area contributed by atoms with Crippen LogP contribution >= 0.6 is 0 Å². The minimum Gasteiger partial charge on any atom is -0.324 e. The van der Waals surface area contributed by atoms with Crippen molar-refractivity contribution in [1.82, 2.24) is 4.90 Å². The Kier molecular flexibility index (Phi) is 4.58. The van der Waals surface area contributed by atoms with Gasteiger partial charge in [-0.25, -0.2) is 0 Å². The van der Waals surface area contributed by atoms with Gasteiger partial charge in [0, 0.05) is 12.1 Å². The van der Waals surface area contributed by atoms with Gasteiger partial charge in [-0.2, -0.15) is 0 Å². The molecule has 168 valence electrons. The Bertz CT molecular complexity index is 1150. The normalized spacial score (nSPS) is 31.9. The van der Waals surface area contributed by atoms with Gasteiger partial charge in [0.1, 0.15) is 6.04 Å². The fourth-order valence-corrected chi connectivity index (χ4v) is 6.60. The molecule has 1 N–H and O–H groups in total. The van der Waals surface area contributed by atoms with E-state index < -0.39 is 6.04 Å². The second-order valence-electron chi connectivity index (χ2n) is 10.2. The molecule has 1 saturated heterocycles. The van der Waals surface area contributed by atoms with Gasteiger partial charge in [0.05, 0.1) is 11.8 Å². The van der Waals surface area contributed by atoms with Crippen molar-refractivity contribution in [3.63, 3.8) is 0 Å². The zero-order chi connectivity index (χ0) is 22.9. The molecule has 2 bridgehead atoms. The topological polar surface area (TPSA) is 66.5 Å². The highest BCUT2D eigenvalue weighted by molar-refractivity contribution is 6.10. The van der Waals surface area contributed by atoms with E-state index in [0.717, 1.165) is 23.1 Å². The van der Waals surface area contributed by atoms with Crippen LogP contribution in [0.5, 0.6) is 0 Å². The summed E-state index contributed by atoms with van der Waals surface area (Å²) in [6.07, 6.45) is 5.76. The Morgan fingerprint density at radius 1 is 0.970 bits per heavy atom. The highest BCUT2D eigenvalue weighted by Crippen LogP contribution is 2.65. The minimum atomic E-state index is -0.866. The van der Waals surface area contributed by atoms with E-state index in [0.29, 0.717) is 23.9 Å². The van der Waals surface area contributed by atoms with Gasteiger partial charge in [-0.3, -0.25) is 19.3 Å². The summed E-state index contributed by atoms with van der Waals surface area (Å²) in [4.78, 5) is 42.3. The summed E-state index contributed by atoms with van der Waals surface area (Å²) in [6.45, 7) is 3.96. The highest BCUT2D eigenvalue weighted by Gasteiger charge is 2.67. The molecule has 0 aromatic heterocycles. The van der Waals surface area contributed by atoms with E-state index in [-0.39, 0.29) is 41.4 Å². The molecule has 2 aromatic rings. The predicted octanol–water partition coefficient (Wildman–Crippen LogP) is 3.91. The molecule has 4 aliphatic carbocycles. The molecule has 5 heteroatoms. The Morgan fingerprint density at radius 2 is 1.61 bits per heavy atom. The molecule has 1 heterocycles. The van der Waals surface area contributed by atoms with Crippen LogP contribution in [0.4, 0.5) is 5.69 Å². The minimum absolute atomic E-state index is 0.145. The fraction of sp³-hybridized carbons (Fsp3) is 0.393. The molecule has 0 radical (unpaired) electrons. The number of anilines is 1. The van der Waals surface area contributed by atoms with E-state index in [9.17, 15) is 14.4 Å². The fourth-order valence-electron chi connectivity index (χ4n) is 6.60. The van der Waals surface area contributed by atoms with E-state index in [1.165, 1.54) is 4.90 Å². The quantitative estimate of drug-likeness (QED) is 0.566. The molecule has 2 aromatic carbocycles. The first kappa shape index (κ1) is 20.4. The number of nitrogens with zero attached hydrogens (tertiary/aromatic N) is 1. The van der Waals surface area contributed by atoms with E-state index in [4.69, 9.17) is 0 Å². The molecule has 3 amide bonds. The Balaban J connectivity index is 1.34. The highest BCUT2D eigenvalue weighted by atomic mass is 16.2.